The second kappa shape index (κ2) is 13.1. The van der Waals surface area contributed by atoms with Crippen molar-refractivity contribution >= 4 is 45.0 Å². The van der Waals surface area contributed by atoms with E-state index in [1.54, 1.807) is 36.4 Å². The number of sulfonamides is 1. The van der Waals surface area contributed by atoms with Gasteiger partial charge in [0.2, 0.25) is 21.8 Å². The molecule has 0 saturated carbocycles. The first-order chi connectivity index (χ1) is 17.5. The highest BCUT2D eigenvalue weighted by atomic mass is 35.5. The maximum Gasteiger partial charge on any atom is 0.243 e. The highest BCUT2D eigenvalue weighted by Crippen LogP contribution is 2.18. The number of benzene rings is 3. The van der Waals surface area contributed by atoms with Gasteiger partial charge in [-0.05, 0) is 41.0 Å². The molecule has 0 aliphatic carbocycles. The molecule has 0 radical (unpaired) electrons. The number of carbonyl (C=O) groups is 2. The number of likely N-dealkylation sites (N-methyl/N-ethyl adjacent to an activating group) is 1. The van der Waals surface area contributed by atoms with Gasteiger partial charge in [-0.2, -0.15) is 4.31 Å². The molecular formula is C27H29Cl2N3O4S. The molecule has 0 saturated heterocycles. The number of nitrogens with one attached hydrogen (secondary N) is 1. The van der Waals surface area contributed by atoms with E-state index in [-0.39, 0.29) is 25.4 Å². The summed E-state index contributed by atoms with van der Waals surface area (Å²) >= 11 is 12.0. The predicted molar refractivity (Wildman–Crippen MR) is 147 cm³/mol. The van der Waals surface area contributed by atoms with Crippen molar-refractivity contribution in [1.29, 1.82) is 0 Å². The van der Waals surface area contributed by atoms with Crippen LogP contribution in [0.2, 0.25) is 10.0 Å². The van der Waals surface area contributed by atoms with Crippen LogP contribution in [-0.4, -0.2) is 55.3 Å². The lowest BCUT2D eigenvalue weighted by atomic mass is 10.0. The van der Waals surface area contributed by atoms with Gasteiger partial charge in [0.25, 0.3) is 0 Å². The number of nitrogens with zero attached hydrogens (tertiary/aromatic N) is 2. The molecule has 10 heteroatoms. The Morgan fingerprint density at radius 1 is 0.838 bits per heavy atom. The number of hydrogen-bond acceptors (Lipinski definition) is 4. The van der Waals surface area contributed by atoms with Gasteiger partial charge in [-0.15, -0.1) is 0 Å². The second-order valence-corrected chi connectivity index (χ2v) is 11.7. The van der Waals surface area contributed by atoms with Crippen LogP contribution in [0.4, 0.5) is 0 Å². The molecule has 0 spiro atoms. The van der Waals surface area contributed by atoms with Crippen molar-refractivity contribution in [2.75, 3.05) is 19.8 Å². The van der Waals surface area contributed by atoms with Gasteiger partial charge in [-0.25, -0.2) is 8.42 Å². The van der Waals surface area contributed by atoms with Crippen LogP contribution >= 0.6 is 23.2 Å². The summed E-state index contributed by atoms with van der Waals surface area (Å²) in [5.74, 6) is -0.853. The maximum atomic E-state index is 13.6. The average Bonchev–Trinajstić information content (AvgIpc) is 2.86. The third-order valence-corrected chi connectivity index (χ3v) is 7.61. The zero-order valence-electron chi connectivity index (χ0n) is 20.6. The van der Waals surface area contributed by atoms with Crippen molar-refractivity contribution in [3.05, 3.63) is 106 Å². The largest absolute Gasteiger partial charge is 0.350 e. The van der Waals surface area contributed by atoms with Crippen molar-refractivity contribution in [3.8, 4) is 0 Å². The Morgan fingerprint density at radius 2 is 1.38 bits per heavy atom. The molecule has 0 aromatic heterocycles. The molecular weight excluding hydrogens is 533 g/mol. The van der Waals surface area contributed by atoms with E-state index in [4.69, 9.17) is 23.2 Å². The van der Waals surface area contributed by atoms with Crippen molar-refractivity contribution in [2.45, 2.75) is 25.6 Å². The molecule has 0 aliphatic rings. The lowest BCUT2D eigenvalue weighted by Crippen LogP contribution is -2.52. The van der Waals surface area contributed by atoms with Crippen LogP contribution in [0.5, 0.6) is 0 Å². The number of amides is 2. The van der Waals surface area contributed by atoms with Gasteiger partial charge in [-0.1, -0.05) is 77.8 Å². The molecule has 37 heavy (non-hydrogen) atoms. The highest BCUT2D eigenvalue weighted by molar-refractivity contribution is 7.88. The molecule has 3 rings (SSSR count). The molecule has 0 bridgehead atoms. The smallest absolute Gasteiger partial charge is 0.243 e. The molecule has 0 fully saturated rings. The summed E-state index contributed by atoms with van der Waals surface area (Å²) in [6.07, 6.45) is 1.28. The second-order valence-electron chi connectivity index (χ2n) is 8.72. The van der Waals surface area contributed by atoms with Gasteiger partial charge >= 0.3 is 0 Å². The molecule has 196 valence electrons. The van der Waals surface area contributed by atoms with Crippen molar-refractivity contribution < 1.29 is 18.0 Å². The summed E-state index contributed by atoms with van der Waals surface area (Å²) in [6, 6.07) is 22.5. The number of hydrogen-bond donors (Lipinski definition) is 1. The van der Waals surface area contributed by atoms with E-state index in [9.17, 15) is 18.0 Å². The first-order valence-corrected chi connectivity index (χ1v) is 14.1. The number of rotatable bonds is 11. The minimum absolute atomic E-state index is 0.0967. The third kappa shape index (κ3) is 8.86. The minimum atomic E-state index is -3.61. The average molecular weight is 563 g/mol. The van der Waals surface area contributed by atoms with Gasteiger partial charge < -0.3 is 10.2 Å². The summed E-state index contributed by atoms with van der Waals surface area (Å²) in [6.45, 7) is -0.0604. The quantitative estimate of drug-likeness (QED) is 0.381. The molecule has 3 aromatic carbocycles. The Hall–Kier alpha value is -2.91. The lowest BCUT2D eigenvalue weighted by Gasteiger charge is -2.32. The van der Waals surface area contributed by atoms with Crippen LogP contribution in [0.3, 0.4) is 0 Å². The number of carbonyl (C=O) groups excluding carboxylic acids is 2. The Morgan fingerprint density at radius 3 is 1.92 bits per heavy atom. The fourth-order valence-corrected chi connectivity index (χ4v) is 4.25. The minimum Gasteiger partial charge on any atom is -0.350 e. The first-order valence-electron chi connectivity index (χ1n) is 11.5. The monoisotopic (exact) mass is 561 g/mol. The summed E-state index contributed by atoms with van der Waals surface area (Å²) in [4.78, 5) is 28.5. The van der Waals surface area contributed by atoms with Gasteiger partial charge in [0.15, 0.2) is 0 Å². The number of halogens is 2. The van der Waals surface area contributed by atoms with E-state index < -0.39 is 28.5 Å². The fraction of sp³-hybridized carbons (Fsp3) is 0.259. The molecule has 2 amide bonds. The topological polar surface area (TPSA) is 86.8 Å². The predicted octanol–water partition coefficient (Wildman–Crippen LogP) is 4.14. The molecule has 1 unspecified atom stereocenters. The van der Waals surface area contributed by atoms with Crippen LogP contribution in [0.1, 0.15) is 16.7 Å². The van der Waals surface area contributed by atoms with Gasteiger partial charge in [0.1, 0.15) is 6.04 Å². The molecule has 7 nitrogen and oxygen atoms in total. The van der Waals surface area contributed by atoms with E-state index >= 15 is 0 Å². The maximum absolute atomic E-state index is 13.6. The van der Waals surface area contributed by atoms with Crippen LogP contribution in [-0.2, 0) is 39.1 Å². The van der Waals surface area contributed by atoms with Crippen LogP contribution < -0.4 is 5.32 Å². The third-order valence-electron chi connectivity index (χ3n) is 5.84. The van der Waals surface area contributed by atoms with Gasteiger partial charge in [0, 0.05) is 36.6 Å². The molecule has 0 heterocycles. The normalized spacial score (nSPS) is 12.2. The van der Waals surface area contributed by atoms with E-state index in [0.717, 1.165) is 27.3 Å². The Kier molecular flexibility index (Phi) is 10.1. The summed E-state index contributed by atoms with van der Waals surface area (Å²) in [5, 5.41) is 4.05. The van der Waals surface area contributed by atoms with Crippen molar-refractivity contribution in [3.63, 3.8) is 0 Å². The van der Waals surface area contributed by atoms with E-state index in [0.29, 0.717) is 10.0 Å². The molecule has 1 atom stereocenters. The van der Waals surface area contributed by atoms with Crippen molar-refractivity contribution in [2.24, 2.45) is 0 Å². The Labute approximate surface area is 228 Å². The lowest BCUT2D eigenvalue weighted by molar-refractivity contribution is -0.141. The van der Waals surface area contributed by atoms with Crippen molar-refractivity contribution in [1.82, 2.24) is 14.5 Å². The zero-order valence-corrected chi connectivity index (χ0v) is 22.9. The summed E-state index contributed by atoms with van der Waals surface area (Å²) in [5.41, 5.74) is 2.46. The van der Waals surface area contributed by atoms with E-state index in [2.05, 4.69) is 5.32 Å². The van der Waals surface area contributed by atoms with E-state index in [1.165, 1.54) is 11.9 Å². The fourth-order valence-electron chi connectivity index (χ4n) is 3.65. The summed E-state index contributed by atoms with van der Waals surface area (Å²) in [7, 11) is -2.27. The van der Waals surface area contributed by atoms with Gasteiger partial charge in [0.05, 0.1) is 12.8 Å². The first kappa shape index (κ1) is 28.7. The molecule has 3 aromatic rings. The molecule has 1 N–H and O–H groups in total. The molecule has 0 aliphatic heterocycles. The Bertz CT molecular complexity index is 1300. The Balaban J connectivity index is 1.93. The zero-order chi connectivity index (χ0) is 27.0. The van der Waals surface area contributed by atoms with Gasteiger partial charge in [-0.3, -0.25) is 9.59 Å². The SMILES string of the molecule is CN(CC(=O)N(Cc1ccc(Cl)cc1)C(Cc1ccccc1)C(=O)NCc1ccc(Cl)cc1)S(C)(=O)=O. The van der Waals surface area contributed by atoms with Crippen LogP contribution in [0.15, 0.2) is 78.9 Å². The summed E-state index contributed by atoms with van der Waals surface area (Å²) < 4.78 is 25.0. The van der Waals surface area contributed by atoms with Crippen LogP contribution in [0, 0.1) is 0 Å². The van der Waals surface area contributed by atoms with E-state index in [1.807, 2.05) is 42.5 Å². The standard InChI is InChI=1S/C27H29Cl2N3O4S/c1-31(37(2,35)36)19-26(33)32(18-22-10-14-24(29)15-11-22)25(16-20-6-4-3-5-7-20)27(34)30-17-21-8-12-23(28)13-9-21/h3-15,25H,16-19H2,1-2H3,(H,30,34). The van der Waals surface area contributed by atoms with Crippen LogP contribution in [0.25, 0.3) is 0 Å². The highest BCUT2D eigenvalue weighted by Gasteiger charge is 2.31.